The molecule has 6 nitrogen and oxygen atoms in total. The highest BCUT2D eigenvalue weighted by Gasteiger charge is 2.19. The van der Waals surface area contributed by atoms with Crippen LogP contribution in [0.2, 0.25) is 0 Å². The Morgan fingerprint density at radius 1 is 1.44 bits per heavy atom. The van der Waals surface area contributed by atoms with Crippen LogP contribution in [0, 0.1) is 0 Å². The van der Waals surface area contributed by atoms with Crippen LogP contribution in [0.3, 0.4) is 0 Å². The summed E-state index contributed by atoms with van der Waals surface area (Å²) in [6, 6.07) is 3.26. The van der Waals surface area contributed by atoms with E-state index in [9.17, 15) is 9.59 Å². The van der Waals surface area contributed by atoms with Gasteiger partial charge in [-0.15, -0.1) is 0 Å². The predicted octanol–water partition coefficient (Wildman–Crippen LogP) is 1.22. The fourth-order valence-corrected chi connectivity index (χ4v) is 1.25. The standard InChI is InChI=1S/C12H14N2O4/c1-3-18-12(16)10(14-17-2)7-11(15)9-5-4-6-13-8-9/h4-6,8H,3,7H2,1-2H3/b14-10-. The molecule has 6 heteroatoms. The normalized spacial score (nSPS) is 10.9. The first-order chi connectivity index (χ1) is 8.69. The van der Waals surface area contributed by atoms with Crippen LogP contribution in [-0.4, -0.2) is 36.2 Å². The molecule has 0 atom stereocenters. The highest BCUT2D eigenvalue weighted by atomic mass is 16.6. The highest BCUT2D eigenvalue weighted by molar-refractivity contribution is 6.40. The fraction of sp³-hybridized carbons (Fsp3) is 0.333. The Morgan fingerprint density at radius 2 is 2.22 bits per heavy atom. The van der Waals surface area contributed by atoms with Crippen molar-refractivity contribution in [1.29, 1.82) is 0 Å². The number of oxime groups is 1. The zero-order valence-corrected chi connectivity index (χ0v) is 10.3. The number of Topliss-reactive ketones (excluding diaryl/α,β-unsaturated/α-hetero) is 1. The first-order valence-corrected chi connectivity index (χ1v) is 5.39. The molecule has 18 heavy (non-hydrogen) atoms. The molecule has 0 unspecified atom stereocenters. The average Bonchev–Trinajstić information content (AvgIpc) is 2.39. The molecule has 0 aliphatic heterocycles. The van der Waals surface area contributed by atoms with Gasteiger partial charge in [0.2, 0.25) is 0 Å². The Labute approximate surface area is 105 Å². The van der Waals surface area contributed by atoms with E-state index in [1.165, 1.54) is 13.3 Å². The summed E-state index contributed by atoms with van der Waals surface area (Å²) in [5.41, 5.74) is 0.346. The number of rotatable bonds is 6. The molecule has 0 spiro atoms. The van der Waals surface area contributed by atoms with Gasteiger partial charge in [-0.05, 0) is 19.1 Å². The first-order valence-electron chi connectivity index (χ1n) is 5.39. The summed E-state index contributed by atoms with van der Waals surface area (Å²) in [5.74, 6) is -0.927. The zero-order valence-electron chi connectivity index (χ0n) is 10.3. The minimum absolute atomic E-state index is 0.0618. The molecule has 0 aromatic carbocycles. The monoisotopic (exact) mass is 250 g/mol. The molecule has 0 saturated heterocycles. The van der Waals surface area contributed by atoms with Crippen LogP contribution in [0.4, 0.5) is 0 Å². The molecule has 0 N–H and O–H groups in total. The van der Waals surface area contributed by atoms with Crippen LogP contribution >= 0.6 is 0 Å². The smallest absolute Gasteiger partial charge is 0.356 e. The lowest BCUT2D eigenvalue weighted by Gasteiger charge is -2.04. The van der Waals surface area contributed by atoms with Crippen LogP contribution in [-0.2, 0) is 14.4 Å². The number of esters is 1. The van der Waals surface area contributed by atoms with E-state index in [4.69, 9.17) is 4.74 Å². The minimum Gasteiger partial charge on any atom is -0.461 e. The van der Waals surface area contributed by atoms with Crippen LogP contribution < -0.4 is 0 Å². The first kappa shape index (κ1) is 13.8. The van der Waals surface area contributed by atoms with Crippen molar-refractivity contribution in [1.82, 2.24) is 4.98 Å². The molecule has 0 aliphatic rings. The second-order valence-corrected chi connectivity index (χ2v) is 3.28. The summed E-state index contributed by atoms with van der Waals surface area (Å²) in [6.45, 7) is 1.88. The average molecular weight is 250 g/mol. The Hall–Kier alpha value is -2.24. The van der Waals surface area contributed by atoms with E-state index in [-0.39, 0.29) is 24.5 Å². The van der Waals surface area contributed by atoms with Gasteiger partial charge in [0.05, 0.1) is 13.0 Å². The molecule has 96 valence electrons. The molecule has 0 fully saturated rings. The van der Waals surface area contributed by atoms with Gasteiger partial charge in [-0.2, -0.15) is 0 Å². The topological polar surface area (TPSA) is 77.9 Å². The third kappa shape index (κ3) is 3.97. The highest BCUT2D eigenvalue weighted by Crippen LogP contribution is 2.04. The van der Waals surface area contributed by atoms with Gasteiger partial charge < -0.3 is 9.57 Å². The quantitative estimate of drug-likeness (QED) is 0.328. The summed E-state index contributed by atoms with van der Waals surface area (Å²) in [7, 11) is 1.30. The van der Waals surface area contributed by atoms with E-state index in [2.05, 4.69) is 15.0 Å². The molecule has 0 amide bonds. The van der Waals surface area contributed by atoms with Crippen molar-refractivity contribution in [3.05, 3.63) is 30.1 Å². The molecule has 1 heterocycles. The van der Waals surface area contributed by atoms with Gasteiger partial charge in [-0.1, -0.05) is 5.16 Å². The van der Waals surface area contributed by atoms with Crippen LogP contribution in [0.1, 0.15) is 23.7 Å². The van der Waals surface area contributed by atoms with Crippen molar-refractivity contribution < 1.29 is 19.2 Å². The number of ether oxygens (including phenoxy) is 1. The van der Waals surface area contributed by atoms with Gasteiger partial charge in [-0.25, -0.2) is 4.79 Å². The predicted molar refractivity (Wildman–Crippen MR) is 64.3 cm³/mol. The van der Waals surface area contributed by atoms with Gasteiger partial charge in [0, 0.05) is 18.0 Å². The molecule has 1 aromatic rings. The Morgan fingerprint density at radius 3 is 2.78 bits per heavy atom. The van der Waals surface area contributed by atoms with Gasteiger partial charge in [0.15, 0.2) is 11.5 Å². The number of carbonyl (C=O) groups is 2. The number of hydrogen-bond acceptors (Lipinski definition) is 6. The van der Waals surface area contributed by atoms with E-state index >= 15 is 0 Å². The summed E-state index contributed by atoms with van der Waals surface area (Å²) in [4.78, 5) is 31.7. The molecular formula is C12H14N2O4. The van der Waals surface area contributed by atoms with E-state index in [0.29, 0.717) is 5.56 Å². The van der Waals surface area contributed by atoms with Crippen molar-refractivity contribution in [2.24, 2.45) is 5.16 Å². The second-order valence-electron chi connectivity index (χ2n) is 3.28. The zero-order chi connectivity index (χ0) is 13.4. The van der Waals surface area contributed by atoms with Crippen molar-refractivity contribution in [2.45, 2.75) is 13.3 Å². The number of pyridine rings is 1. The van der Waals surface area contributed by atoms with E-state index in [0.717, 1.165) is 0 Å². The van der Waals surface area contributed by atoms with E-state index in [1.54, 1.807) is 25.3 Å². The third-order valence-electron chi connectivity index (χ3n) is 2.02. The summed E-state index contributed by atoms with van der Waals surface area (Å²) < 4.78 is 4.78. The van der Waals surface area contributed by atoms with E-state index < -0.39 is 5.97 Å². The molecule has 0 bridgehead atoms. The SMILES string of the molecule is CCOC(=O)/C(CC(=O)c1cccnc1)=N\OC. The van der Waals surface area contributed by atoms with Crippen LogP contribution in [0.15, 0.2) is 29.7 Å². The van der Waals surface area contributed by atoms with Crippen molar-refractivity contribution in [2.75, 3.05) is 13.7 Å². The van der Waals surface area contributed by atoms with Gasteiger partial charge in [-0.3, -0.25) is 9.78 Å². The van der Waals surface area contributed by atoms with Crippen LogP contribution in [0.25, 0.3) is 0 Å². The molecule has 1 rings (SSSR count). The van der Waals surface area contributed by atoms with Gasteiger partial charge in [0.25, 0.3) is 0 Å². The van der Waals surface area contributed by atoms with Crippen molar-refractivity contribution in [3.8, 4) is 0 Å². The number of ketones is 1. The number of hydrogen-bond donors (Lipinski definition) is 0. The maximum absolute atomic E-state index is 11.9. The Kier molecular flexibility index (Phi) is 5.50. The largest absolute Gasteiger partial charge is 0.461 e. The molecule has 0 radical (unpaired) electrons. The summed E-state index contributed by atoms with van der Waals surface area (Å²) in [6.07, 6.45) is 2.81. The summed E-state index contributed by atoms with van der Waals surface area (Å²) in [5, 5.41) is 3.51. The molecule has 0 aliphatic carbocycles. The lowest BCUT2D eigenvalue weighted by atomic mass is 10.1. The Bertz CT molecular complexity index is 443. The van der Waals surface area contributed by atoms with Crippen molar-refractivity contribution in [3.63, 3.8) is 0 Å². The second kappa shape index (κ2) is 7.16. The number of aromatic nitrogens is 1. The van der Waals surface area contributed by atoms with Gasteiger partial charge in [0.1, 0.15) is 7.11 Å². The molecule has 1 aromatic heterocycles. The maximum atomic E-state index is 11.9. The number of carbonyl (C=O) groups excluding carboxylic acids is 2. The fourth-order valence-electron chi connectivity index (χ4n) is 1.25. The lowest BCUT2D eigenvalue weighted by Crippen LogP contribution is -2.21. The summed E-state index contributed by atoms with van der Waals surface area (Å²) >= 11 is 0. The van der Waals surface area contributed by atoms with Crippen LogP contribution in [0.5, 0.6) is 0 Å². The Balaban J connectivity index is 2.76. The van der Waals surface area contributed by atoms with Crippen molar-refractivity contribution >= 4 is 17.5 Å². The van der Waals surface area contributed by atoms with Gasteiger partial charge >= 0.3 is 5.97 Å². The molecule has 0 saturated carbocycles. The lowest BCUT2D eigenvalue weighted by molar-refractivity contribution is -0.135. The maximum Gasteiger partial charge on any atom is 0.356 e. The minimum atomic E-state index is -0.656. The molecular weight excluding hydrogens is 236 g/mol. The van der Waals surface area contributed by atoms with E-state index in [1.807, 2.05) is 0 Å². The third-order valence-corrected chi connectivity index (χ3v) is 2.02. The number of nitrogens with zero attached hydrogens (tertiary/aromatic N) is 2.